The van der Waals surface area contributed by atoms with Crippen LogP contribution in [0.15, 0.2) is 72.8 Å². The first kappa shape index (κ1) is 27.7. The third-order valence-electron chi connectivity index (χ3n) is 6.67. The molecule has 1 aliphatic rings. The van der Waals surface area contributed by atoms with Crippen molar-refractivity contribution in [3.05, 3.63) is 83.9 Å². The summed E-state index contributed by atoms with van der Waals surface area (Å²) in [5, 5.41) is 0. The number of nitrogens with zero attached hydrogens (tertiary/aromatic N) is 2. The number of anilines is 1. The lowest BCUT2D eigenvalue weighted by molar-refractivity contribution is -0.137. The van der Waals surface area contributed by atoms with Gasteiger partial charge in [-0.2, -0.15) is 0 Å². The number of rotatable bonds is 12. The molecule has 204 valence electrons. The average molecular weight is 531 g/mol. The van der Waals surface area contributed by atoms with E-state index in [4.69, 9.17) is 14.2 Å². The third kappa shape index (κ3) is 6.57. The van der Waals surface area contributed by atoms with Crippen molar-refractivity contribution in [2.24, 2.45) is 0 Å². The predicted molar refractivity (Wildman–Crippen MR) is 148 cm³/mol. The van der Waals surface area contributed by atoms with Crippen molar-refractivity contribution in [2.45, 2.75) is 38.6 Å². The smallest absolute Gasteiger partial charge is 0.257 e. The highest BCUT2D eigenvalue weighted by Crippen LogP contribution is 2.30. The Labute approximate surface area is 229 Å². The number of carbonyl (C=O) groups is 3. The highest BCUT2D eigenvalue weighted by atomic mass is 16.5. The van der Waals surface area contributed by atoms with Crippen LogP contribution in [0.3, 0.4) is 0 Å². The summed E-state index contributed by atoms with van der Waals surface area (Å²) in [6.07, 6.45) is 1.42. The Bertz CT molecular complexity index is 1290. The molecule has 4 rings (SSSR count). The molecule has 0 spiro atoms. The molecule has 39 heavy (non-hydrogen) atoms. The van der Waals surface area contributed by atoms with Crippen LogP contribution in [0.1, 0.15) is 30.9 Å². The molecule has 0 saturated carbocycles. The van der Waals surface area contributed by atoms with E-state index in [1.807, 2.05) is 55.5 Å². The minimum absolute atomic E-state index is 0.0701. The molecule has 3 aromatic rings. The Hall–Kier alpha value is -4.33. The third-order valence-corrected chi connectivity index (χ3v) is 6.67. The molecule has 1 aliphatic heterocycles. The Balaban J connectivity index is 1.56. The summed E-state index contributed by atoms with van der Waals surface area (Å²) in [5.41, 5.74) is 2.23. The summed E-state index contributed by atoms with van der Waals surface area (Å²) in [4.78, 5) is 43.0. The van der Waals surface area contributed by atoms with Crippen molar-refractivity contribution in [1.82, 2.24) is 4.90 Å². The van der Waals surface area contributed by atoms with Crippen molar-refractivity contribution < 1.29 is 28.6 Å². The van der Waals surface area contributed by atoms with Gasteiger partial charge in [-0.15, -0.1) is 0 Å². The number of methoxy groups -OCH3 is 2. The molecule has 1 fully saturated rings. The second-order valence-corrected chi connectivity index (χ2v) is 9.32. The normalized spacial score (nSPS) is 14.8. The fourth-order valence-electron chi connectivity index (χ4n) is 4.65. The summed E-state index contributed by atoms with van der Waals surface area (Å²) in [6, 6.07) is 20.9. The number of carbonyl (C=O) groups excluding carboxylic acids is 3. The Kier molecular flexibility index (Phi) is 9.20. The molecule has 3 amide bonds. The molecule has 0 aliphatic carbocycles. The van der Waals surface area contributed by atoms with Gasteiger partial charge in [-0.1, -0.05) is 43.3 Å². The van der Waals surface area contributed by atoms with Crippen LogP contribution in [0, 0.1) is 0 Å². The van der Waals surface area contributed by atoms with E-state index in [0.717, 1.165) is 17.5 Å². The Morgan fingerprint density at radius 3 is 2.31 bits per heavy atom. The molecule has 1 unspecified atom stereocenters. The van der Waals surface area contributed by atoms with Crippen LogP contribution >= 0.6 is 0 Å². The highest BCUT2D eigenvalue weighted by Gasteiger charge is 2.44. The monoisotopic (exact) mass is 530 g/mol. The van der Waals surface area contributed by atoms with E-state index in [0.29, 0.717) is 36.0 Å². The van der Waals surface area contributed by atoms with Gasteiger partial charge in [0.05, 0.1) is 39.4 Å². The number of hydrogen-bond donors (Lipinski definition) is 0. The van der Waals surface area contributed by atoms with E-state index >= 15 is 0 Å². The molecule has 1 heterocycles. The zero-order chi connectivity index (χ0) is 27.8. The minimum atomic E-state index is -0.884. The average Bonchev–Trinajstić information content (AvgIpc) is 3.25. The molecule has 8 heteroatoms. The van der Waals surface area contributed by atoms with Crippen molar-refractivity contribution in [2.75, 3.05) is 32.3 Å². The van der Waals surface area contributed by atoms with Crippen LogP contribution in [0.25, 0.3) is 0 Å². The molecule has 0 bridgehead atoms. The molecule has 1 atom stereocenters. The SMILES string of the molecule is CCCOc1ccc(N2C(=O)CC(N(CCc3ccc(OC)c(OC)c3)C(=O)Cc3ccccc3)C2=O)cc1. The number of hydrogen-bond acceptors (Lipinski definition) is 6. The number of ether oxygens (including phenoxy) is 3. The molecule has 0 radical (unpaired) electrons. The maximum Gasteiger partial charge on any atom is 0.257 e. The molecular formula is C31H34N2O6. The molecule has 3 aromatic carbocycles. The van der Waals surface area contributed by atoms with E-state index < -0.39 is 11.9 Å². The van der Waals surface area contributed by atoms with E-state index in [9.17, 15) is 14.4 Å². The van der Waals surface area contributed by atoms with Gasteiger partial charge < -0.3 is 19.1 Å². The summed E-state index contributed by atoms with van der Waals surface area (Å²) >= 11 is 0. The fourth-order valence-corrected chi connectivity index (χ4v) is 4.65. The van der Waals surface area contributed by atoms with E-state index in [1.54, 1.807) is 43.4 Å². The Morgan fingerprint density at radius 2 is 1.64 bits per heavy atom. The molecule has 0 N–H and O–H groups in total. The summed E-state index contributed by atoms with van der Waals surface area (Å²) in [6.45, 7) is 2.87. The van der Waals surface area contributed by atoms with Gasteiger partial charge in [-0.25, -0.2) is 4.90 Å². The zero-order valence-electron chi connectivity index (χ0n) is 22.6. The van der Waals surface area contributed by atoms with Crippen LogP contribution in [0.5, 0.6) is 17.2 Å². The van der Waals surface area contributed by atoms with Crippen LogP contribution in [-0.2, 0) is 27.2 Å². The lowest BCUT2D eigenvalue weighted by atomic mass is 10.1. The van der Waals surface area contributed by atoms with E-state index in [-0.39, 0.29) is 31.2 Å². The molecule has 0 aromatic heterocycles. The van der Waals surface area contributed by atoms with Gasteiger partial charge in [0.15, 0.2) is 11.5 Å². The van der Waals surface area contributed by atoms with Crippen LogP contribution in [-0.4, -0.2) is 56.0 Å². The van der Waals surface area contributed by atoms with Crippen molar-refractivity contribution in [3.63, 3.8) is 0 Å². The summed E-state index contributed by atoms with van der Waals surface area (Å²) in [7, 11) is 3.14. The number of benzene rings is 3. The van der Waals surface area contributed by atoms with E-state index in [2.05, 4.69) is 0 Å². The maximum absolute atomic E-state index is 13.6. The first-order valence-electron chi connectivity index (χ1n) is 13.1. The van der Waals surface area contributed by atoms with Gasteiger partial charge in [-0.05, 0) is 60.4 Å². The second kappa shape index (κ2) is 13.0. The summed E-state index contributed by atoms with van der Waals surface area (Å²) in [5.74, 6) is 0.911. The first-order chi connectivity index (χ1) is 18.9. The lowest BCUT2D eigenvalue weighted by Gasteiger charge is -2.28. The van der Waals surface area contributed by atoms with Gasteiger partial charge in [-0.3, -0.25) is 14.4 Å². The quantitative estimate of drug-likeness (QED) is 0.322. The van der Waals surface area contributed by atoms with E-state index in [1.165, 1.54) is 4.90 Å². The van der Waals surface area contributed by atoms with Gasteiger partial charge in [0.2, 0.25) is 11.8 Å². The molecular weight excluding hydrogens is 496 g/mol. The van der Waals surface area contributed by atoms with Crippen molar-refractivity contribution in [1.29, 1.82) is 0 Å². The van der Waals surface area contributed by atoms with Crippen LogP contribution in [0.2, 0.25) is 0 Å². The van der Waals surface area contributed by atoms with Gasteiger partial charge in [0.1, 0.15) is 11.8 Å². The number of amides is 3. The highest BCUT2D eigenvalue weighted by molar-refractivity contribution is 6.23. The second-order valence-electron chi connectivity index (χ2n) is 9.32. The summed E-state index contributed by atoms with van der Waals surface area (Å²) < 4.78 is 16.4. The fraction of sp³-hybridized carbons (Fsp3) is 0.323. The number of imide groups is 1. The van der Waals surface area contributed by atoms with Gasteiger partial charge >= 0.3 is 0 Å². The largest absolute Gasteiger partial charge is 0.494 e. The molecule has 8 nitrogen and oxygen atoms in total. The molecule has 1 saturated heterocycles. The van der Waals surface area contributed by atoms with Crippen LogP contribution < -0.4 is 19.1 Å². The lowest BCUT2D eigenvalue weighted by Crippen LogP contribution is -2.47. The van der Waals surface area contributed by atoms with Gasteiger partial charge in [0, 0.05) is 6.54 Å². The Morgan fingerprint density at radius 1 is 0.923 bits per heavy atom. The minimum Gasteiger partial charge on any atom is -0.494 e. The standard InChI is InChI=1S/C31H34N2O6/c1-4-18-39-25-13-11-24(12-14-25)33-30(35)21-26(31(33)36)32(29(34)20-22-8-6-5-7-9-22)17-16-23-10-15-27(37-2)28(19-23)38-3/h5-15,19,26H,4,16-18,20-21H2,1-3H3. The predicted octanol–water partition coefficient (Wildman–Crippen LogP) is 4.44. The van der Waals surface area contributed by atoms with Crippen molar-refractivity contribution >= 4 is 23.4 Å². The van der Waals surface area contributed by atoms with Crippen LogP contribution in [0.4, 0.5) is 5.69 Å². The van der Waals surface area contributed by atoms with Gasteiger partial charge in [0.25, 0.3) is 5.91 Å². The van der Waals surface area contributed by atoms with Crippen molar-refractivity contribution in [3.8, 4) is 17.2 Å². The zero-order valence-corrected chi connectivity index (χ0v) is 22.6. The maximum atomic E-state index is 13.6. The first-order valence-corrected chi connectivity index (χ1v) is 13.1. The topological polar surface area (TPSA) is 85.4 Å².